The molecular formula is C18H12F2N6OS. The Morgan fingerprint density at radius 1 is 1.04 bits per heavy atom. The maximum absolute atomic E-state index is 13.2. The van der Waals surface area contributed by atoms with Crippen LogP contribution in [0.4, 0.5) is 14.5 Å². The molecule has 0 saturated carbocycles. The average Bonchev–Trinajstić information content (AvgIpc) is 3.12. The first-order chi connectivity index (χ1) is 13.6. The fourth-order valence-electron chi connectivity index (χ4n) is 2.44. The zero-order valence-corrected chi connectivity index (χ0v) is 15.0. The third-order valence-corrected chi connectivity index (χ3v) is 4.67. The van der Waals surface area contributed by atoms with Gasteiger partial charge >= 0.3 is 0 Å². The van der Waals surface area contributed by atoms with E-state index in [0.717, 1.165) is 29.5 Å². The summed E-state index contributed by atoms with van der Waals surface area (Å²) in [5, 5.41) is 15.5. The number of amides is 1. The van der Waals surface area contributed by atoms with Gasteiger partial charge in [0.05, 0.1) is 11.4 Å². The number of hydrogen-bond donors (Lipinski definition) is 1. The molecule has 0 bridgehead atoms. The van der Waals surface area contributed by atoms with Crippen molar-refractivity contribution in [3.05, 3.63) is 66.5 Å². The summed E-state index contributed by atoms with van der Waals surface area (Å²) in [4.78, 5) is 16.1. The van der Waals surface area contributed by atoms with Crippen LogP contribution in [0.25, 0.3) is 16.9 Å². The van der Waals surface area contributed by atoms with E-state index >= 15 is 0 Å². The van der Waals surface area contributed by atoms with Gasteiger partial charge in [-0.25, -0.2) is 8.78 Å². The molecular weight excluding hydrogens is 386 g/mol. The lowest BCUT2D eigenvalue weighted by molar-refractivity contribution is -0.113. The second kappa shape index (κ2) is 7.69. The monoisotopic (exact) mass is 398 g/mol. The van der Waals surface area contributed by atoms with Crippen LogP contribution in [0.2, 0.25) is 0 Å². The van der Waals surface area contributed by atoms with E-state index in [9.17, 15) is 13.6 Å². The predicted molar refractivity (Wildman–Crippen MR) is 99.7 cm³/mol. The summed E-state index contributed by atoms with van der Waals surface area (Å²) >= 11 is 1.13. The van der Waals surface area contributed by atoms with E-state index in [1.54, 1.807) is 23.0 Å². The van der Waals surface area contributed by atoms with Gasteiger partial charge in [0.2, 0.25) is 11.1 Å². The first kappa shape index (κ1) is 18.0. The van der Waals surface area contributed by atoms with Gasteiger partial charge in [-0.1, -0.05) is 11.8 Å². The number of aromatic nitrogens is 5. The van der Waals surface area contributed by atoms with Crippen molar-refractivity contribution in [2.45, 2.75) is 5.16 Å². The van der Waals surface area contributed by atoms with Crippen molar-refractivity contribution in [3.63, 3.8) is 0 Å². The quantitative estimate of drug-likeness (QED) is 0.520. The summed E-state index contributed by atoms with van der Waals surface area (Å²) in [6, 6.07) is 10.4. The van der Waals surface area contributed by atoms with Gasteiger partial charge in [0, 0.05) is 29.7 Å². The Labute approximate surface area is 161 Å². The number of hydrogen-bond acceptors (Lipinski definition) is 6. The van der Waals surface area contributed by atoms with Crippen LogP contribution < -0.4 is 5.32 Å². The van der Waals surface area contributed by atoms with Crippen LogP contribution in [-0.2, 0) is 4.79 Å². The largest absolute Gasteiger partial charge is 0.325 e. The summed E-state index contributed by atoms with van der Waals surface area (Å²) < 4.78 is 27.7. The molecule has 0 atom stereocenters. The van der Waals surface area contributed by atoms with Crippen molar-refractivity contribution in [1.82, 2.24) is 24.8 Å². The number of carbonyl (C=O) groups excluding carboxylic acids is 1. The zero-order valence-electron chi connectivity index (χ0n) is 14.2. The topological polar surface area (TPSA) is 85.1 Å². The van der Waals surface area contributed by atoms with E-state index in [1.165, 1.54) is 6.07 Å². The Bertz CT molecular complexity index is 1150. The minimum atomic E-state index is -1.03. The molecule has 4 rings (SSSR count). The Morgan fingerprint density at radius 3 is 2.64 bits per heavy atom. The lowest BCUT2D eigenvalue weighted by atomic mass is 10.2. The number of fused-ring (bicyclic) bond motifs is 1. The summed E-state index contributed by atoms with van der Waals surface area (Å²) in [5.41, 5.74) is 2.32. The molecule has 1 N–H and O–H groups in total. The molecule has 0 radical (unpaired) electrons. The van der Waals surface area contributed by atoms with Crippen molar-refractivity contribution in [2.24, 2.45) is 0 Å². The molecule has 0 fully saturated rings. The summed E-state index contributed by atoms with van der Waals surface area (Å²) in [7, 11) is 0. The molecule has 0 aliphatic carbocycles. The lowest BCUT2D eigenvalue weighted by Gasteiger charge is -2.05. The molecule has 10 heteroatoms. The number of benzene rings is 1. The summed E-state index contributed by atoms with van der Waals surface area (Å²) in [6.45, 7) is 0. The molecule has 4 aromatic rings. The van der Waals surface area contributed by atoms with Crippen LogP contribution in [0, 0.1) is 11.6 Å². The maximum atomic E-state index is 13.2. The number of rotatable bonds is 5. The van der Waals surface area contributed by atoms with Crippen molar-refractivity contribution < 1.29 is 13.6 Å². The van der Waals surface area contributed by atoms with Crippen LogP contribution >= 0.6 is 11.8 Å². The number of nitrogens with one attached hydrogen (secondary N) is 1. The SMILES string of the molecule is O=C(CSc1nnc2ccc(-c3ccncc3)nn12)Nc1ccc(F)c(F)c1. The van der Waals surface area contributed by atoms with Crippen LogP contribution in [0.3, 0.4) is 0 Å². The van der Waals surface area contributed by atoms with Gasteiger partial charge in [-0.3, -0.25) is 9.78 Å². The highest BCUT2D eigenvalue weighted by Crippen LogP contribution is 2.21. The third kappa shape index (κ3) is 3.81. The fraction of sp³-hybridized carbons (Fsp3) is 0.0556. The Kier molecular flexibility index (Phi) is 4.94. The molecule has 0 unspecified atom stereocenters. The van der Waals surface area contributed by atoms with E-state index in [1.807, 2.05) is 18.2 Å². The maximum Gasteiger partial charge on any atom is 0.234 e. The third-order valence-electron chi connectivity index (χ3n) is 3.75. The van der Waals surface area contributed by atoms with Gasteiger partial charge in [0.25, 0.3) is 0 Å². The number of anilines is 1. The van der Waals surface area contributed by atoms with E-state index in [-0.39, 0.29) is 11.4 Å². The second-order valence-electron chi connectivity index (χ2n) is 5.67. The van der Waals surface area contributed by atoms with Crippen molar-refractivity contribution in [2.75, 3.05) is 11.1 Å². The van der Waals surface area contributed by atoms with Crippen LogP contribution in [-0.4, -0.2) is 36.5 Å². The number of nitrogens with zero attached hydrogens (tertiary/aromatic N) is 5. The van der Waals surface area contributed by atoms with Gasteiger partial charge in [-0.15, -0.1) is 10.2 Å². The van der Waals surface area contributed by atoms with Gasteiger partial charge in [0.1, 0.15) is 0 Å². The molecule has 1 amide bonds. The van der Waals surface area contributed by atoms with Crippen molar-refractivity contribution >= 4 is 29.0 Å². The Balaban J connectivity index is 1.48. The van der Waals surface area contributed by atoms with E-state index in [4.69, 9.17) is 0 Å². The summed E-state index contributed by atoms with van der Waals surface area (Å²) in [6.07, 6.45) is 3.34. The van der Waals surface area contributed by atoms with Gasteiger partial charge in [0.15, 0.2) is 17.3 Å². The van der Waals surface area contributed by atoms with Gasteiger partial charge in [-0.2, -0.15) is 9.61 Å². The minimum absolute atomic E-state index is 0.000946. The summed E-state index contributed by atoms with van der Waals surface area (Å²) in [5.74, 6) is -2.39. The van der Waals surface area contributed by atoms with Crippen LogP contribution in [0.1, 0.15) is 0 Å². The van der Waals surface area contributed by atoms with Gasteiger partial charge in [-0.05, 0) is 36.4 Å². The smallest absolute Gasteiger partial charge is 0.234 e. The van der Waals surface area contributed by atoms with Crippen molar-refractivity contribution in [1.29, 1.82) is 0 Å². The molecule has 0 aliphatic heterocycles. The van der Waals surface area contributed by atoms with Crippen LogP contribution in [0.15, 0.2) is 60.0 Å². The first-order valence-corrected chi connectivity index (χ1v) is 9.09. The molecule has 140 valence electrons. The number of thioether (sulfide) groups is 1. The molecule has 7 nitrogen and oxygen atoms in total. The highest BCUT2D eigenvalue weighted by atomic mass is 32.2. The standard InChI is InChI=1S/C18H12F2N6OS/c19-13-2-1-12(9-14(13)20)22-17(27)10-28-18-24-23-16-4-3-15(25-26(16)18)11-5-7-21-8-6-11/h1-9H,10H2,(H,22,27). The van der Waals surface area contributed by atoms with Crippen molar-refractivity contribution in [3.8, 4) is 11.3 Å². The highest BCUT2D eigenvalue weighted by molar-refractivity contribution is 7.99. The number of carbonyl (C=O) groups is 1. The highest BCUT2D eigenvalue weighted by Gasteiger charge is 2.12. The zero-order chi connectivity index (χ0) is 19.5. The molecule has 3 heterocycles. The minimum Gasteiger partial charge on any atom is -0.325 e. The normalized spacial score (nSPS) is 10.9. The Morgan fingerprint density at radius 2 is 1.86 bits per heavy atom. The second-order valence-corrected chi connectivity index (χ2v) is 6.62. The number of halogens is 2. The molecule has 1 aromatic carbocycles. The van der Waals surface area contributed by atoms with E-state index < -0.39 is 17.5 Å². The van der Waals surface area contributed by atoms with E-state index in [0.29, 0.717) is 16.5 Å². The molecule has 0 saturated heterocycles. The average molecular weight is 398 g/mol. The van der Waals surface area contributed by atoms with Crippen LogP contribution in [0.5, 0.6) is 0 Å². The lowest BCUT2D eigenvalue weighted by Crippen LogP contribution is -2.14. The molecule has 0 spiro atoms. The predicted octanol–water partition coefficient (Wildman–Crippen LogP) is 3.20. The first-order valence-electron chi connectivity index (χ1n) is 8.11. The Hall–Kier alpha value is -3.40. The van der Waals surface area contributed by atoms with E-state index in [2.05, 4.69) is 25.6 Å². The van der Waals surface area contributed by atoms with Gasteiger partial charge < -0.3 is 5.32 Å². The molecule has 3 aromatic heterocycles. The fourth-order valence-corrected chi connectivity index (χ4v) is 3.12. The number of pyridine rings is 1. The molecule has 28 heavy (non-hydrogen) atoms. The molecule has 0 aliphatic rings.